The number of hydrogen-bond donors (Lipinski definition) is 2. The standard InChI is InChI=1S/C17H25N3O2/c1-14(21)18-9-10-19-17(22)16-7-5-15(6-8-16)13-20-11-3-2-4-12-20/h5-8H,2-4,9-13H2,1H3,(H,18,21)(H,19,22). The molecule has 1 aromatic rings. The number of rotatable bonds is 6. The van der Waals surface area contributed by atoms with Crippen LogP contribution >= 0.6 is 0 Å². The van der Waals surface area contributed by atoms with Crippen LogP contribution in [0.15, 0.2) is 24.3 Å². The molecule has 1 heterocycles. The van der Waals surface area contributed by atoms with Gasteiger partial charge in [0.25, 0.3) is 5.91 Å². The van der Waals surface area contributed by atoms with Crippen LogP contribution in [-0.2, 0) is 11.3 Å². The summed E-state index contributed by atoms with van der Waals surface area (Å²) in [5.74, 6) is -0.189. The maximum Gasteiger partial charge on any atom is 0.251 e. The Kier molecular flexibility index (Phi) is 6.40. The van der Waals surface area contributed by atoms with Gasteiger partial charge in [-0.15, -0.1) is 0 Å². The molecule has 1 aromatic carbocycles. The Morgan fingerprint density at radius 1 is 1.00 bits per heavy atom. The molecule has 0 atom stereocenters. The van der Waals surface area contributed by atoms with Gasteiger partial charge in [0.05, 0.1) is 0 Å². The highest BCUT2D eigenvalue weighted by molar-refractivity contribution is 5.94. The summed E-state index contributed by atoms with van der Waals surface area (Å²) in [4.78, 5) is 25.2. The fraction of sp³-hybridized carbons (Fsp3) is 0.529. The van der Waals surface area contributed by atoms with E-state index in [0.29, 0.717) is 18.7 Å². The molecule has 0 aromatic heterocycles. The van der Waals surface area contributed by atoms with E-state index in [2.05, 4.69) is 15.5 Å². The molecule has 0 unspecified atom stereocenters. The third kappa shape index (κ3) is 5.48. The molecule has 1 fully saturated rings. The fourth-order valence-electron chi connectivity index (χ4n) is 2.65. The number of hydrogen-bond acceptors (Lipinski definition) is 3. The summed E-state index contributed by atoms with van der Waals surface area (Å²) in [5.41, 5.74) is 1.90. The number of likely N-dealkylation sites (tertiary alicyclic amines) is 1. The Labute approximate surface area is 132 Å². The average molecular weight is 303 g/mol. The molecule has 120 valence electrons. The van der Waals surface area contributed by atoms with E-state index in [4.69, 9.17) is 0 Å². The summed E-state index contributed by atoms with van der Waals surface area (Å²) in [6.45, 7) is 5.66. The number of nitrogens with one attached hydrogen (secondary N) is 2. The Bertz CT molecular complexity index is 493. The van der Waals surface area contributed by atoms with Crippen molar-refractivity contribution < 1.29 is 9.59 Å². The summed E-state index contributed by atoms with van der Waals surface area (Å²) >= 11 is 0. The van der Waals surface area contributed by atoms with Gasteiger partial charge < -0.3 is 10.6 Å². The molecule has 0 spiro atoms. The lowest BCUT2D eigenvalue weighted by molar-refractivity contribution is -0.118. The molecule has 2 amide bonds. The van der Waals surface area contributed by atoms with Crippen LogP contribution in [0.5, 0.6) is 0 Å². The predicted octanol–water partition coefficient (Wildman–Crippen LogP) is 1.54. The second-order valence-electron chi connectivity index (χ2n) is 5.77. The zero-order valence-corrected chi connectivity index (χ0v) is 13.2. The van der Waals surface area contributed by atoms with E-state index in [0.717, 1.165) is 6.54 Å². The molecular formula is C17H25N3O2. The Morgan fingerprint density at radius 2 is 1.64 bits per heavy atom. The van der Waals surface area contributed by atoms with Crippen LogP contribution in [0.25, 0.3) is 0 Å². The van der Waals surface area contributed by atoms with Gasteiger partial charge in [0.15, 0.2) is 0 Å². The minimum absolute atomic E-state index is 0.0867. The first-order chi connectivity index (χ1) is 10.6. The van der Waals surface area contributed by atoms with E-state index < -0.39 is 0 Å². The molecule has 2 N–H and O–H groups in total. The van der Waals surface area contributed by atoms with E-state index in [1.165, 1.54) is 44.8 Å². The number of nitrogens with zero attached hydrogens (tertiary/aromatic N) is 1. The zero-order chi connectivity index (χ0) is 15.8. The lowest BCUT2D eigenvalue weighted by Crippen LogP contribution is -2.33. The molecule has 22 heavy (non-hydrogen) atoms. The average Bonchev–Trinajstić information content (AvgIpc) is 2.53. The van der Waals surface area contributed by atoms with E-state index in [9.17, 15) is 9.59 Å². The first kappa shape index (κ1) is 16.5. The van der Waals surface area contributed by atoms with Gasteiger partial charge in [-0.3, -0.25) is 14.5 Å². The van der Waals surface area contributed by atoms with Crippen LogP contribution < -0.4 is 10.6 Å². The van der Waals surface area contributed by atoms with Crippen LogP contribution in [0.4, 0.5) is 0 Å². The maximum atomic E-state index is 12.0. The van der Waals surface area contributed by atoms with Crippen molar-refractivity contribution in [2.24, 2.45) is 0 Å². The molecule has 0 aliphatic carbocycles. The summed E-state index contributed by atoms with van der Waals surface area (Å²) in [5, 5.41) is 5.44. The van der Waals surface area contributed by atoms with E-state index in [1.807, 2.05) is 24.3 Å². The third-order valence-corrected chi connectivity index (χ3v) is 3.86. The van der Waals surface area contributed by atoms with E-state index in [1.54, 1.807) is 0 Å². The maximum absolute atomic E-state index is 12.0. The van der Waals surface area contributed by atoms with Gasteiger partial charge in [0, 0.05) is 32.1 Å². The third-order valence-electron chi connectivity index (χ3n) is 3.86. The molecule has 1 saturated heterocycles. The van der Waals surface area contributed by atoms with Crippen molar-refractivity contribution in [1.29, 1.82) is 0 Å². The van der Waals surface area contributed by atoms with Crippen LogP contribution in [0.3, 0.4) is 0 Å². The Balaban J connectivity index is 1.77. The molecule has 1 aliphatic rings. The number of piperidine rings is 1. The summed E-state index contributed by atoms with van der Waals surface area (Å²) in [6.07, 6.45) is 3.91. The van der Waals surface area contributed by atoms with Crippen molar-refractivity contribution in [1.82, 2.24) is 15.5 Å². The van der Waals surface area contributed by atoms with Crippen LogP contribution in [0.1, 0.15) is 42.1 Å². The zero-order valence-electron chi connectivity index (χ0n) is 13.2. The van der Waals surface area contributed by atoms with Gasteiger partial charge in [-0.25, -0.2) is 0 Å². The van der Waals surface area contributed by atoms with Gasteiger partial charge in [0.2, 0.25) is 5.91 Å². The summed E-state index contributed by atoms with van der Waals surface area (Å²) in [7, 11) is 0. The van der Waals surface area contributed by atoms with Gasteiger partial charge in [-0.1, -0.05) is 18.6 Å². The topological polar surface area (TPSA) is 61.4 Å². The second-order valence-corrected chi connectivity index (χ2v) is 5.77. The number of carbonyl (C=O) groups excluding carboxylic acids is 2. The SMILES string of the molecule is CC(=O)NCCNC(=O)c1ccc(CN2CCCCC2)cc1. The molecule has 0 bridgehead atoms. The highest BCUT2D eigenvalue weighted by Gasteiger charge is 2.11. The number of carbonyl (C=O) groups is 2. The Hall–Kier alpha value is -1.88. The number of amides is 2. The van der Waals surface area contributed by atoms with Gasteiger partial charge in [-0.2, -0.15) is 0 Å². The van der Waals surface area contributed by atoms with Crippen LogP contribution in [0.2, 0.25) is 0 Å². The van der Waals surface area contributed by atoms with Crippen LogP contribution in [0, 0.1) is 0 Å². The smallest absolute Gasteiger partial charge is 0.251 e. The highest BCUT2D eigenvalue weighted by atomic mass is 16.2. The van der Waals surface area contributed by atoms with Crippen molar-refractivity contribution >= 4 is 11.8 Å². The monoisotopic (exact) mass is 303 g/mol. The van der Waals surface area contributed by atoms with Gasteiger partial charge >= 0.3 is 0 Å². The van der Waals surface area contributed by atoms with Crippen molar-refractivity contribution in [2.45, 2.75) is 32.7 Å². The van der Waals surface area contributed by atoms with E-state index in [-0.39, 0.29) is 11.8 Å². The molecule has 5 nitrogen and oxygen atoms in total. The van der Waals surface area contributed by atoms with Gasteiger partial charge in [0.1, 0.15) is 0 Å². The molecule has 0 saturated carbocycles. The summed E-state index contributed by atoms with van der Waals surface area (Å²) < 4.78 is 0. The predicted molar refractivity (Wildman–Crippen MR) is 86.6 cm³/mol. The first-order valence-electron chi connectivity index (χ1n) is 7.99. The van der Waals surface area contributed by atoms with Crippen molar-refractivity contribution in [3.63, 3.8) is 0 Å². The lowest BCUT2D eigenvalue weighted by Gasteiger charge is -2.26. The Morgan fingerprint density at radius 3 is 2.27 bits per heavy atom. The molecule has 0 radical (unpaired) electrons. The molecule has 5 heteroatoms. The van der Waals surface area contributed by atoms with E-state index >= 15 is 0 Å². The second kappa shape index (κ2) is 8.54. The van der Waals surface area contributed by atoms with Crippen LogP contribution in [-0.4, -0.2) is 42.9 Å². The first-order valence-corrected chi connectivity index (χ1v) is 7.99. The minimum Gasteiger partial charge on any atom is -0.355 e. The minimum atomic E-state index is -0.102. The fourth-order valence-corrected chi connectivity index (χ4v) is 2.65. The van der Waals surface area contributed by atoms with Crippen molar-refractivity contribution in [3.8, 4) is 0 Å². The molecule has 1 aliphatic heterocycles. The highest BCUT2D eigenvalue weighted by Crippen LogP contribution is 2.13. The molecule has 2 rings (SSSR count). The van der Waals surface area contributed by atoms with Crippen molar-refractivity contribution in [2.75, 3.05) is 26.2 Å². The largest absolute Gasteiger partial charge is 0.355 e. The van der Waals surface area contributed by atoms with Crippen molar-refractivity contribution in [3.05, 3.63) is 35.4 Å². The number of benzene rings is 1. The van der Waals surface area contributed by atoms with Gasteiger partial charge in [-0.05, 0) is 43.6 Å². The normalized spacial score (nSPS) is 15.3. The lowest BCUT2D eigenvalue weighted by atomic mass is 10.1. The molecular weight excluding hydrogens is 278 g/mol. The quantitative estimate of drug-likeness (QED) is 0.784. The summed E-state index contributed by atoms with van der Waals surface area (Å²) in [6, 6.07) is 7.79.